The Bertz CT molecular complexity index is 4530. The Labute approximate surface area is 398 Å². The number of aromatic nitrogens is 4. The van der Waals surface area contributed by atoms with E-state index in [-0.39, 0.29) is 0 Å². The first kappa shape index (κ1) is 38.2. The highest BCUT2D eigenvalue weighted by Crippen LogP contribution is 2.45. The molecule has 0 atom stereocenters. The lowest BCUT2D eigenvalue weighted by molar-refractivity contribution is 0.668. The molecule has 0 fully saturated rings. The highest BCUT2D eigenvalue weighted by atomic mass is 32.1. The number of nitrogens with zero attached hydrogens (tertiary/aromatic N) is 4. The van der Waals surface area contributed by atoms with E-state index >= 15 is 0 Å². The van der Waals surface area contributed by atoms with E-state index in [4.69, 9.17) is 19.4 Å². The van der Waals surface area contributed by atoms with Crippen molar-refractivity contribution in [3.8, 4) is 51.0 Å². The molecule has 69 heavy (non-hydrogen) atoms. The lowest BCUT2D eigenvalue weighted by atomic mass is 9.98. The minimum absolute atomic E-state index is 0.583. The van der Waals surface area contributed by atoms with Crippen LogP contribution in [0.3, 0.4) is 0 Å². The van der Waals surface area contributed by atoms with E-state index in [1.54, 1.807) is 11.3 Å². The fourth-order valence-corrected chi connectivity index (χ4v) is 11.9. The first-order valence-corrected chi connectivity index (χ1v) is 24.1. The minimum Gasteiger partial charge on any atom is -0.456 e. The highest BCUT2D eigenvalue weighted by molar-refractivity contribution is 7.25. The Kier molecular flexibility index (Phi) is 8.17. The molecule has 0 N–H and O–H groups in total. The van der Waals surface area contributed by atoms with E-state index in [0.29, 0.717) is 17.5 Å². The maximum absolute atomic E-state index is 7.00. The molecule has 6 heteroatoms. The Balaban J connectivity index is 1.01. The van der Waals surface area contributed by atoms with Crippen molar-refractivity contribution < 1.29 is 4.42 Å². The Morgan fingerprint density at radius 1 is 0.333 bits per heavy atom. The fourth-order valence-electron chi connectivity index (χ4n) is 10.8. The fraction of sp³-hybridized carbons (Fsp3) is 0. The summed E-state index contributed by atoms with van der Waals surface area (Å²) < 4.78 is 11.9. The number of benzene rings is 11. The summed E-state index contributed by atoms with van der Waals surface area (Å²) in [5.41, 5.74) is 9.83. The summed E-state index contributed by atoms with van der Waals surface area (Å²) in [7, 11) is 0. The third-order valence-corrected chi connectivity index (χ3v) is 15.1. The largest absolute Gasteiger partial charge is 0.456 e. The molecule has 0 saturated heterocycles. The van der Waals surface area contributed by atoms with E-state index in [0.717, 1.165) is 82.6 Å². The van der Waals surface area contributed by atoms with E-state index in [9.17, 15) is 0 Å². The maximum Gasteiger partial charge on any atom is 0.164 e. The monoisotopic (exact) mass is 896 g/mol. The van der Waals surface area contributed by atoms with Crippen molar-refractivity contribution in [1.82, 2.24) is 19.5 Å². The summed E-state index contributed by atoms with van der Waals surface area (Å²) in [5, 5.41) is 13.8. The molecule has 320 valence electrons. The van der Waals surface area contributed by atoms with Gasteiger partial charge in [0, 0.05) is 70.0 Å². The van der Waals surface area contributed by atoms with Crippen LogP contribution in [-0.2, 0) is 0 Å². The third kappa shape index (κ3) is 5.92. The first-order chi connectivity index (χ1) is 34.2. The van der Waals surface area contributed by atoms with Crippen molar-refractivity contribution in [3.05, 3.63) is 218 Å². The predicted octanol–water partition coefficient (Wildman–Crippen LogP) is 17.4. The SMILES string of the molecule is c1ccc(-c2cc3c(cc2-n2c4cc5ccccc5cc4c4cc5ccccc5cc42)oc2cccc(-c4nc(-c5ccc6ccccc6c5)nc(-c5cccc6sc7ccccc7c56)n4)c23)cc1. The van der Waals surface area contributed by atoms with Crippen LogP contribution in [0.5, 0.6) is 0 Å². The Morgan fingerprint density at radius 3 is 1.61 bits per heavy atom. The second kappa shape index (κ2) is 14.8. The molecule has 0 aliphatic heterocycles. The average Bonchev–Trinajstić information content (AvgIpc) is 4.08. The van der Waals surface area contributed by atoms with Gasteiger partial charge in [-0.05, 0) is 92.5 Å². The summed E-state index contributed by atoms with van der Waals surface area (Å²) in [6.45, 7) is 0. The zero-order chi connectivity index (χ0) is 45.2. The summed E-state index contributed by atoms with van der Waals surface area (Å²) in [6, 6.07) is 78.1. The van der Waals surface area contributed by atoms with Crippen LogP contribution in [0.2, 0.25) is 0 Å². The molecule has 0 bridgehead atoms. The molecule has 0 unspecified atom stereocenters. The lowest BCUT2D eigenvalue weighted by Crippen LogP contribution is -2.01. The number of hydrogen-bond donors (Lipinski definition) is 0. The number of thiophene rings is 1. The molecule has 0 saturated carbocycles. The minimum atomic E-state index is 0.583. The van der Waals surface area contributed by atoms with E-state index in [1.807, 2.05) is 0 Å². The van der Waals surface area contributed by atoms with Crippen LogP contribution in [0.15, 0.2) is 223 Å². The number of fused-ring (bicyclic) bond motifs is 12. The standard InChI is InChI=1S/C63H36N4OS/c1-2-15-38(16-3-1)48-35-51-56(36-54(48)67-52-33-42-20-8-6-18-40(42)31-49(52)50-32-41-19-7-9-21-43(41)34-53(50)67)68-55-25-12-23-46(59(51)55)62-64-61(44-29-28-37-14-4-5-17-39(37)30-44)65-63(66-62)47-24-13-27-58-60(47)45-22-10-11-26-57(45)69-58/h1-36H. The van der Waals surface area contributed by atoms with Gasteiger partial charge >= 0.3 is 0 Å². The molecule has 0 amide bonds. The summed E-state index contributed by atoms with van der Waals surface area (Å²) in [4.78, 5) is 16.1. The van der Waals surface area contributed by atoms with Crippen LogP contribution < -0.4 is 0 Å². The van der Waals surface area contributed by atoms with Crippen LogP contribution in [-0.4, -0.2) is 19.5 Å². The second-order valence-electron chi connectivity index (χ2n) is 17.9. The van der Waals surface area contributed by atoms with Crippen molar-refractivity contribution in [2.75, 3.05) is 0 Å². The molecule has 15 rings (SSSR count). The Hall–Kier alpha value is -8.97. The van der Waals surface area contributed by atoms with Gasteiger partial charge in [0.05, 0.1) is 16.7 Å². The molecular weight excluding hydrogens is 861 g/mol. The summed E-state index contributed by atoms with van der Waals surface area (Å²) >= 11 is 1.79. The van der Waals surface area contributed by atoms with Crippen molar-refractivity contribution >= 4 is 108 Å². The topological polar surface area (TPSA) is 56.7 Å². The van der Waals surface area contributed by atoms with Crippen LogP contribution in [0.4, 0.5) is 0 Å². The van der Waals surface area contributed by atoms with Gasteiger partial charge in [-0.3, -0.25) is 0 Å². The predicted molar refractivity (Wildman–Crippen MR) is 289 cm³/mol. The van der Waals surface area contributed by atoms with E-state index in [2.05, 4.69) is 223 Å². The van der Waals surface area contributed by atoms with Gasteiger partial charge < -0.3 is 8.98 Å². The van der Waals surface area contributed by atoms with Gasteiger partial charge in [-0.1, -0.05) is 158 Å². The summed E-state index contributed by atoms with van der Waals surface area (Å²) in [6.07, 6.45) is 0. The van der Waals surface area contributed by atoms with Gasteiger partial charge in [-0.2, -0.15) is 0 Å². The first-order valence-electron chi connectivity index (χ1n) is 23.2. The summed E-state index contributed by atoms with van der Waals surface area (Å²) in [5.74, 6) is 1.82. The van der Waals surface area contributed by atoms with Crippen molar-refractivity contribution in [3.63, 3.8) is 0 Å². The van der Waals surface area contributed by atoms with Crippen LogP contribution in [0.25, 0.3) is 147 Å². The third-order valence-electron chi connectivity index (χ3n) is 14.0. The van der Waals surface area contributed by atoms with Gasteiger partial charge in [0.2, 0.25) is 0 Å². The van der Waals surface area contributed by atoms with E-state index in [1.165, 1.54) is 47.1 Å². The Morgan fingerprint density at radius 2 is 0.899 bits per heavy atom. The highest BCUT2D eigenvalue weighted by Gasteiger charge is 2.24. The normalized spacial score (nSPS) is 12.1. The number of rotatable bonds is 5. The van der Waals surface area contributed by atoms with Crippen LogP contribution >= 0.6 is 11.3 Å². The molecule has 11 aromatic carbocycles. The average molecular weight is 897 g/mol. The molecule has 0 spiro atoms. The molecule has 0 aliphatic rings. The van der Waals surface area contributed by atoms with E-state index < -0.39 is 0 Å². The van der Waals surface area contributed by atoms with Crippen molar-refractivity contribution in [2.24, 2.45) is 0 Å². The number of hydrogen-bond acceptors (Lipinski definition) is 5. The molecule has 4 aromatic heterocycles. The van der Waals surface area contributed by atoms with Crippen molar-refractivity contribution in [1.29, 1.82) is 0 Å². The maximum atomic E-state index is 7.00. The van der Waals surface area contributed by atoms with Gasteiger partial charge in [-0.15, -0.1) is 11.3 Å². The zero-order valence-corrected chi connectivity index (χ0v) is 37.7. The number of furan rings is 1. The van der Waals surface area contributed by atoms with Gasteiger partial charge in [-0.25, -0.2) is 15.0 Å². The molecule has 0 radical (unpaired) electrons. The quantitative estimate of drug-likeness (QED) is 0.173. The molecular formula is C63H36N4OS. The van der Waals surface area contributed by atoms with Gasteiger partial charge in [0.25, 0.3) is 0 Å². The van der Waals surface area contributed by atoms with Gasteiger partial charge in [0.1, 0.15) is 11.2 Å². The van der Waals surface area contributed by atoms with Crippen LogP contribution in [0, 0.1) is 0 Å². The molecule has 0 aliphatic carbocycles. The molecule has 4 heterocycles. The lowest BCUT2D eigenvalue weighted by Gasteiger charge is -2.15. The van der Waals surface area contributed by atoms with Crippen molar-refractivity contribution in [2.45, 2.75) is 0 Å². The zero-order valence-electron chi connectivity index (χ0n) is 36.9. The smallest absolute Gasteiger partial charge is 0.164 e. The molecule has 15 aromatic rings. The second-order valence-corrected chi connectivity index (χ2v) is 19.0. The molecule has 5 nitrogen and oxygen atoms in total. The van der Waals surface area contributed by atoms with Gasteiger partial charge in [0.15, 0.2) is 17.5 Å². The van der Waals surface area contributed by atoms with Crippen LogP contribution in [0.1, 0.15) is 0 Å².